The van der Waals surface area contributed by atoms with Gasteiger partial charge in [0.1, 0.15) is 5.76 Å². The predicted octanol–water partition coefficient (Wildman–Crippen LogP) is 1.52. The first-order valence-corrected chi connectivity index (χ1v) is 6.40. The second-order valence-corrected chi connectivity index (χ2v) is 4.91. The minimum atomic E-state index is -0.196. The summed E-state index contributed by atoms with van der Waals surface area (Å²) >= 11 is 0. The zero-order valence-corrected chi connectivity index (χ0v) is 11.0. The van der Waals surface area contributed by atoms with Crippen molar-refractivity contribution in [2.45, 2.75) is 32.2 Å². The van der Waals surface area contributed by atoms with Gasteiger partial charge in [0, 0.05) is 24.4 Å². The van der Waals surface area contributed by atoms with Gasteiger partial charge < -0.3 is 9.84 Å². The lowest BCUT2D eigenvalue weighted by atomic mass is 9.93. The Kier molecular flexibility index (Phi) is 2.85. The number of hydrogen-bond donors (Lipinski definition) is 1. The first kappa shape index (κ1) is 12.0. The summed E-state index contributed by atoms with van der Waals surface area (Å²) in [4.78, 5) is 12.1. The van der Waals surface area contributed by atoms with Crippen LogP contribution >= 0.6 is 0 Å². The van der Waals surface area contributed by atoms with Crippen LogP contribution in [0.1, 0.15) is 46.4 Å². The zero-order chi connectivity index (χ0) is 13.4. The molecule has 1 N–H and O–H groups in total. The van der Waals surface area contributed by atoms with Crippen LogP contribution in [-0.4, -0.2) is 20.8 Å². The molecule has 1 aliphatic carbocycles. The van der Waals surface area contributed by atoms with Crippen LogP contribution in [0.5, 0.6) is 0 Å². The quantitative estimate of drug-likeness (QED) is 0.888. The molecule has 0 saturated heterocycles. The Morgan fingerprint density at radius 2 is 2.42 bits per heavy atom. The Hall–Kier alpha value is -2.11. The highest BCUT2D eigenvalue weighted by atomic mass is 16.5. The number of aromatic nitrogens is 3. The third kappa shape index (κ3) is 2.14. The van der Waals surface area contributed by atoms with Gasteiger partial charge in [0.25, 0.3) is 5.91 Å². The molecule has 0 fully saturated rings. The van der Waals surface area contributed by atoms with Crippen LogP contribution in [-0.2, 0) is 13.5 Å². The molecule has 1 atom stereocenters. The van der Waals surface area contributed by atoms with E-state index >= 15 is 0 Å². The highest BCUT2D eigenvalue weighted by Gasteiger charge is 2.25. The van der Waals surface area contributed by atoms with Gasteiger partial charge in [-0.25, -0.2) is 0 Å². The molecule has 6 nitrogen and oxygen atoms in total. The third-order valence-corrected chi connectivity index (χ3v) is 3.54. The maximum atomic E-state index is 12.1. The lowest BCUT2D eigenvalue weighted by Crippen LogP contribution is -2.31. The van der Waals surface area contributed by atoms with Crippen molar-refractivity contribution in [2.24, 2.45) is 7.05 Å². The molecule has 2 aromatic heterocycles. The Morgan fingerprint density at radius 3 is 3.16 bits per heavy atom. The summed E-state index contributed by atoms with van der Waals surface area (Å²) in [5, 5.41) is 11.0. The molecule has 0 bridgehead atoms. The largest absolute Gasteiger partial charge is 0.361 e. The van der Waals surface area contributed by atoms with Crippen molar-refractivity contribution in [3.8, 4) is 0 Å². The highest BCUT2D eigenvalue weighted by Crippen LogP contribution is 2.29. The van der Waals surface area contributed by atoms with Crippen molar-refractivity contribution in [2.75, 3.05) is 0 Å². The van der Waals surface area contributed by atoms with Crippen LogP contribution in [0.2, 0.25) is 0 Å². The van der Waals surface area contributed by atoms with E-state index in [0.717, 1.165) is 24.8 Å². The number of amides is 1. The van der Waals surface area contributed by atoms with Gasteiger partial charge in [-0.2, -0.15) is 5.10 Å². The molecule has 0 radical (unpaired) electrons. The van der Waals surface area contributed by atoms with E-state index in [4.69, 9.17) is 4.52 Å². The molecule has 2 heterocycles. The van der Waals surface area contributed by atoms with Gasteiger partial charge in [-0.05, 0) is 26.2 Å². The number of carbonyl (C=O) groups is 1. The van der Waals surface area contributed by atoms with Crippen molar-refractivity contribution in [3.63, 3.8) is 0 Å². The molecule has 2 aromatic rings. The molecule has 0 saturated carbocycles. The fourth-order valence-electron chi connectivity index (χ4n) is 2.56. The minimum absolute atomic E-state index is 0.0157. The summed E-state index contributed by atoms with van der Waals surface area (Å²) in [6.07, 6.45) is 4.84. The standard InChI is InChI=1S/C13H16N4O2/c1-8-6-11(16-19-8)13(18)15-10-4-3-5-12-9(10)7-14-17(12)2/h6-7,10H,3-5H2,1-2H3,(H,15,18)/t10-/m1/s1. The second kappa shape index (κ2) is 4.53. The van der Waals surface area contributed by atoms with Crippen molar-refractivity contribution >= 4 is 5.91 Å². The summed E-state index contributed by atoms with van der Waals surface area (Å²) in [5.41, 5.74) is 2.64. The smallest absolute Gasteiger partial charge is 0.273 e. The molecule has 0 aliphatic heterocycles. The first-order chi connectivity index (χ1) is 9.15. The third-order valence-electron chi connectivity index (χ3n) is 3.54. The molecule has 3 rings (SSSR count). The van der Waals surface area contributed by atoms with Gasteiger partial charge in [0.2, 0.25) is 0 Å². The molecule has 0 spiro atoms. The van der Waals surface area contributed by atoms with E-state index in [2.05, 4.69) is 15.6 Å². The number of carbonyl (C=O) groups excluding carboxylic acids is 1. The molecular formula is C13H16N4O2. The molecular weight excluding hydrogens is 244 g/mol. The van der Waals surface area contributed by atoms with E-state index < -0.39 is 0 Å². The Morgan fingerprint density at radius 1 is 1.58 bits per heavy atom. The molecule has 19 heavy (non-hydrogen) atoms. The van der Waals surface area contributed by atoms with Crippen LogP contribution in [0.3, 0.4) is 0 Å². The molecule has 0 unspecified atom stereocenters. The van der Waals surface area contributed by atoms with E-state index in [1.165, 1.54) is 5.69 Å². The number of rotatable bonds is 2. The van der Waals surface area contributed by atoms with Crippen LogP contribution < -0.4 is 5.32 Å². The van der Waals surface area contributed by atoms with Gasteiger partial charge >= 0.3 is 0 Å². The first-order valence-electron chi connectivity index (χ1n) is 6.40. The van der Waals surface area contributed by atoms with Gasteiger partial charge in [0.05, 0.1) is 12.2 Å². The summed E-state index contributed by atoms with van der Waals surface area (Å²) < 4.78 is 6.80. The summed E-state index contributed by atoms with van der Waals surface area (Å²) in [5.74, 6) is 0.439. The maximum absolute atomic E-state index is 12.1. The molecule has 6 heteroatoms. The van der Waals surface area contributed by atoms with Crippen molar-refractivity contribution < 1.29 is 9.32 Å². The maximum Gasteiger partial charge on any atom is 0.273 e. The zero-order valence-electron chi connectivity index (χ0n) is 11.0. The minimum Gasteiger partial charge on any atom is -0.361 e. The number of hydrogen-bond acceptors (Lipinski definition) is 4. The number of fused-ring (bicyclic) bond motifs is 1. The van der Waals surface area contributed by atoms with Crippen LogP contribution in [0, 0.1) is 6.92 Å². The molecule has 0 aromatic carbocycles. The highest BCUT2D eigenvalue weighted by molar-refractivity contribution is 5.92. The summed E-state index contributed by atoms with van der Waals surface area (Å²) in [7, 11) is 1.93. The van der Waals surface area contributed by atoms with E-state index in [0.29, 0.717) is 11.5 Å². The van der Waals surface area contributed by atoms with E-state index in [-0.39, 0.29) is 11.9 Å². The van der Waals surface area contributed by atoms with Crippen molar-refractivity contribution in [3.05, 3.63) is 35.0 Å². The van der Waals surface area contributed by atoms with Gasteiger partial charge in [-0.15, -0.1) is 0 Å². The summed E-state index contributed by atoms with van der Waals surface area (Å²) in [6.45, 7) is 1.77. The van der Waals surface area contributed by atoms with Crippen LogP contribution in [0.15, 0.2) is 16.8 Å². The lowest BCUT2D eigenvalue weighted by molar-refractivity contribution is 0.0923. The lowest BCUT2D eigenvalue weighted by Gasteiger charge is -2.23. The van der Waals surface area contributed by atoms with Crippen LogP contribution in [0.25, 0.3) is 0 Å². The average molecular weight is 260 g/mol. The van der Waals surface area contributed by atoms with Gasteiger partial charge in [-0.3, -0.25) is 9.48 Å². The molecule has 1 amide bonds. The number of nitrogens with one attached hydrogen (secondary N) is 1. The van der Waals surface area contributed by atoms with Crippen LogP contribution in [0.4, 0.5) is 0 Å². The Bertz CT molecular complexity index is 614. The van der Waals surface area contributed by atoms with Gasteiger partial charge in [-0.1, -0.05) is 5.16 Å². The van der Waals surface area contributed by atoms with E-state index in [1.54, 1.807) is 13.0 Å². The van der Waals surface area contributed by atoms with Crippen molar-refractivity contribution in [1.82, 2.24) is 20.3 Å². The number of aryl methyl sites for hydroxylation is 2. The van der Waals surface area contributed by atoms with E-state index in [1.807, 2.05) is 17.9 Å². The molecule has 1 aliphatic rings. The average Bonchev–Trinajstić information content (AvgIpc) is 2.98. The Balaban J connectivity index is 1.79. The summed E-state index contributed by atoms with van der Waals surface area (Å²) in [6, 6.07) is 1.66. The SMILES string of the molecule is Cc1cc(C(=O)N[C@@H]2CCCc3c2cnn3C)no1. The topological polar surface area (TPSA) is 73.0 Å². The number of nitrogens with zero attached hydrogens (tertiary/aromatic N) is 3. The van der Waals surface area contributed by atoms with Gasteiger partial charge in [0.15, 0.2) is 5.69 Å². The second-order valence-electron chi connectivity index (χ2n) is 4.91. The molecule has 100 valence electrons. The fourth-order valence-corrected chi connectivity index (χ4v) is 2.56. The van der Waals surface area contributed by atoms with Crippen molar-refractivity contribution in [1.29, 1.82) is 0 Å². The van der Waals surface area contributed by atoms with E-state index in [9.17, 15) is 4.79 Å². The predicted molar refractivity (Wildman–Crippen MR) is 67.6 cm³/mol. The normalized spacial score (nSPS) is 18.1. The Labute approximate surface area is 110 Å². The monoisotopic (exact) mass is 260 g/mol. The fraction of sp³-hybridized carbons (Fsp3) is 0.462.